The van der Waals surface area contributed by atoms with Gasteiger partial charge in [0, 0.05) is 17.5 Å². The summed E-state index contributed by atoms with van der Waals surface area (Å²) < 4.78 is 7.04. The van der Waals surface area contributed by atoms with Crippen LogP contribution in [0.4, 0.5) is 0 Å². The van der Waals surface area contributed by atoms with E-state index < -0.39 is 0 Å². The predicted octanol–water partition coefficient (Wildman–Crippen LogP) is 6.05. The van der Waals surface area contributed by atoms with Crippen LogP contribution in [0.2, 0.25) is 0 Å². The number of nitrogens with one attached hydrogen (secondary N) is 1. The highest BCUT2D eigenvalue weighted by molar-refractivity contribution is 7.98. The van der Waals surface area contributed by atoms with Crippen LogP contribution in [0.5, 0.6) is 5.75 Å². The van der Waals surface area contributed by atoms with Crippen LogP contribution in [-0.2, 0) is 12.3 Å². The normalized spacial score (nSPS) is 11.1. The molecule has 170 valence electrons. The van der Waals surface area contributed by atoms with Crippen LogP contribution in [0, 0.1) is 6.92 Å². The Morgan fingerprint density at radius 2 is 1.71 bits per heavy atom. The lowest BCUT2D eigenvalue weighted by Gasteiger charge is -2.14. The molecule has 5 nitrogen and oxygen atoms in total. The number of methoxy groups -OCH3 is 1. The van der Waals surface area contributed by atoms with E-state index in [0.717, 1.165) is 28.2 Å². The van der Waals surface area contributed by atoms with E-state index in [4.69, 9.17) is 9.72 Å². The molecule has 0 radical (unpaired) electrons. The van der Waals surface area contributed by atoms with Crippen molar-refractivity contribution in [3.63, 3.8) is 0 Å². The van der Waals surface area contributed by atoms with E-state index in [2.05, 4.69) is 24.0 Å². The Hall–Kier alpha value is -3.77. The Morgan fingerprint density at radius 1 is 0.971 bits per heavy atom. The number of rotatable bonds is 7. The first-order chi connectivity index (χ1) is 16.6. The summed E-state index contributed by atoms with van der Waals surface area (Å²) >= 11 is 1.59. The summed E-state index contributed by atoms with van der Waals surface area (Å²) in [5, 5.41) is 0.702. The molecule has 0 aliphatic rings. The predicted molar refractivity (Wildman–Crippen MR) is 139 cm³/mol. The lowest BCUT2D eigenvalue weighted by Crippen LogP contribution is -2.24. The van der Waals surface area contributed by atoms with Crippen molar-refractivity contribution in [3.05, 3.63) is 112 Å². The van der Waals surface area contributed by atoms with E-state index in [-0.39, 0.29) is 5.56 Å². The van der Waals surface area contributed by atoms with Crippen molar-refractivity contribution in [3.8, 4) is 16.9 Å². The van der Waals surface area contributed by atoms with Gasteiger partial charge in [-0.3, -0.25) is 9.36 Å². The van der Waals surface area contributed by atoms with E-state index in [0.29, 0.717) is 22.7 Å². The third-order valence-corrected chi connectivity index (χ3v) is 6.98. The van der Waals surface area contributed by atoms with Crippen LogP contribution in [0.1, 0.15) is 16.7 Å². The van der Waals surface area contributed by atoms with E-state index >= 15 is 0 Å². The zero-order valence-electron chi connectivity index (χ0n) is 19.1. The third-order valence-electron chi connectivity index (χ3n) is 5.95. The average molecular weight is 468 g/mol. The van der Waals surface area contributed by atoms with Crippen LogP contribution in [0.15, 0.2) is 95.0 Å². The summed E-state index contributed by atoms with van der Waals surface area (Å²) in [4.78, 5) is 21.9. The number of ether oxygens (including phenoxy) is 1. The molecule has 0 fully saturated rings. The first-order valence-corrected chi connectivity index (χ1v) is 12.1. The maximum atomic E-state index is 13.7. The second-order valence-electron chi connectivity index (χ2n) is 8.14. The second kappa shape index (κ2) is 9.61. The number of aromatic nitrogens is 3. The minimum atomic E-state index is -0.0738. The van der Waals surface area contributed by atoms with Gasteiger partial charge in [-0.2, -0.15) is 0 Å². The van der Waals surface area contributed by atoms with Crippen LogP contribution in [0.25, 0.3) is 22.2 Å². The van der Waals surface area contributed by atoms with Crippen molar-refractivity contribution in [2.45, 2.75) is 24.4 Å². The number of thioether (sulfide) groups is 1. The Kier molecular flexibility index (Phi) is 6.23. The Labute approximate surface area is 202 Å². The second-order valence-corrected chi connectivity index (χ2v) is 9.08. The van der Waals surface area contributed by atoms with Gasteiger partial charge in [0.2, 0.25) is 0 Å². The van der Waals surface area contributed by atoms with Gasteiger partial charge in [0.25, 0.3) is 5.56 Å². The van der Waals surface area contributed by atoms with Crippen molar-refractivity contribution < 1.29 is 4.74 Å². The number of hydrogen-bond donors (Lipinski definition) is 1. The fraction of sp³-hybridized carbons (Fsp3) is 0.143. The number of benzene rings is 3. The summed E-state index contributed by atoms with van der Waals surface area (Å²) in [6, 6.07) is 26.1. The quantitative estimate of drug-likeness (QED) is 0.234. The summed E-state index contributed by atoms with van der Waals surface area (Å²) in [6.45, 7) is 2.54. The van der Waals surface area contributed by atoms with Gasteiger partial charge in [-0.05, 0) is 41.3 Å². The molecule has 0 spiro atoms. The van der Waals surface area contributed by atoms with Crippen molar-refractivity contribution in [1.29, 1.82) is 0 Å². The number of fused-ring (bicyclic) bond motifs is 1. The molecule has 34 heavy (non-hydrogen) atoms. The zero-order chi connectivity index (χ0) is 23.5. The lowest BCUT2D eigenvalue weighted by molar-refractivity contribution is 0.414. The van der Waals surface area contributed by atoms with Crippen LogP contribution >= 0.6 is 11.8 Å². The molecule has 0 saturated carbocycles. The third kappa shape index (κ3) is 4.37. The SMILES string of the molecule is COc1ccc(Cn2c(SCc3ccccc3C)nc3c(-c4ccccc4)c[nH]c3c2=O)cc1. The van der Waals surface area contributed by atoms with Crippen molar-refractivity contribution in [2.24, 2.45) is 0 Å². The van der Waals surface area contributed by atoms with Crippen molar-refractivity contribution in [1.82, 2.24) is 14.5 Å². The molecule has 0 unspecified atom stereocenters. The first-order valence-electron chi connectivity index (χ1n) is 11.1. The molecular weight excluding hydrogens is 442 g/mol. The molecule has 0 atom stereocenters. The molecule has 5 aromatic rings. The topological polar surface area (TPSA) is 59.9 Å². The summed E-state index contributed by atoms with van der Waals surface area (Å²) in [6.07, 6.45) is 1.88. The van der Waals surface area contributed by atoms with Crippen LogP contribution in [-0.4, -0.2) is 21.6 Å². The monoisotopic (exact) mass is 467 g/mol. The summed E-state index contributed by atoms with van der Waals surface area (Å²) in [5.74, 6) is 1.52. The molecule has 6 heteroatoms. The molecule has 3 aromatic carbocycles. The van der Waals surface area contributed by atoms with Crippen LogP contribution in [0.3, 0.4) is 0 Å². The summed E-state index contributed by atoms with van der Waals surface area (Å²) in [5.41, 5.74) is 6.58. The highest BCUT2D eigenvalue weighted by atomic mass is 32.2. The van der Waals surface area contributed by atoms with Crippen molar-refractivity contribution >= 4 is 22.8 Å². The molecule has 2 aromatic heterocycles. The number of nitrogens with zero attached hydrogens (tertiary/aromatic N) is 2. The molecule has 5 rings (SSSR count). The van der Waals surface area contributed by atoms with Gasteiger partial charge in [-0.1, -0.05) is 78.5 Å². The molecule has 2 heterocycles. The van der Waals surface area contributed by atoms with E-state index in [1.165, 1.54) is 11.1 Å². The molecule has 0 aliphatic carbocycles. The zero-order valence-corrected chi connectivity index (χ0v) is 19.9. The van der Waals surface area contributed by atoms with Gasteiger partial charge < -0.3 is 9.72 Å². The van der Waals surface area contributed by atoms with Gasteiger partial charge in [-0.15, -0.1) is 0 Å². The highest BCUT2D eigenvalue weighted by Gasteiger charge is 2.17. The molecule has 0 bridgehead atoms. The fourth-order valence-electron chi connectivity index (χ4n) is 3.99. The average Bonchev–Trinajstić information content (AvgIpc) is 3.30. The Balaban J connectivity index is 1.60. The van der Waals surface area contributed by atoms with E-state index in [1.807, 2.05) is 72.9 Å². The van der Waals surface area contributed by atoms with Crippen LogP contribution < -0.4 is 10.3 Å². The molecule has 1 N–H and O–H groups in total. The maximum absolute atomic E-state index is 13.7. The fourth-order valence-corrected chi connectivity index (χ4v) is 5.06. The van der Waals surface area contributed by atoms with Gasteiger partial charge in [0.15, 0.2) is 5.16 Å². The molecule has 0 saturated heterocycles. The van der Waals surface area contributed by atoms with Gasteiger partial charge in [0.05, 0.1) is 13.7 Å². The highest BCUT2D eigenvalue weighted by Crippen LogP contribution is 2.29. The minimum absolute atomic E-state index is 0.0738. The number of aryl methyl sites for hydroxylation is 1. The van der Waals surface area contributed by atoms with E-state index in [1.54, 1.807) is 23.4 Å². The van der Waals surface area contributed by atoms with Gasteiger partial charge in [0.1, 0.15) is 16.8 Å². The molecule has 0 amide bonds. The van der Waals surface area contributed by atoms with Crippen molar-refractivity contribution in [2.75, 3.05) is 7.11 Å². The number of hydrogen-bond acceptors (Lipinski definition) is 4. The molecular formula is C28H25N3O2S. The summed E-state index contributed by atoms with van der Waals surface area (Å²) in [7, 11) is 1.65. The Bertz CT molecular complexity index is 1490. The van der Waals surface area contributed by atoms with E-state index in [9.17, 15) is 4.79 Å². The lowest BCUT2D eigenvalue weighted by atomic mass is 10.1. The maximum Gasteiger partial charge on any atom is 0.278 e. The van der Waals surface area contributed by atoms with Gasteiger partial charge >= 0.3 is 0 Å². The van der Waals surface area contributed by atoms with Gasteiger partial charge in [-0.25, -0.2) is 4.98 Å². The Morgan fingerprint density at radius 3 is 2.44 bits per heavy atom. The smallest absolute Gasteiger partial charge is 0.278 e. The molecule has 0 aliphatic heterocycles. The minimum Gasteiger partial charge on any atom is -0.497 e. The number of aromatic amines is 1. The number of H-pyrrole nitrogens is 1. The first kappa shape index (κ1) is 22.0. The standard InChI is InChI=1S/C28H25N3O2S/c1-19-8-6-7-11-22(19)18-34-28-30-25-24(21-9-4-3-5-10-21)16-29-26(25)27(32)31(28)17-20-12-14-23(33-2)15-13-20/h3-16,29H,17-18H2,1-2H3. The largest absolute Gasteiger partial charge is 0.497 e.